The Hall–Kier alpha value is -3.97. The van der Waals surface area contributed by atoms with Gasteiger partial charge in [0.05, 0.1) is 5.52 Å². The Labute approximate surface area is 188 Å². The lowest BCUT2D eigenvalue weighted by Crippen LogP contribution is -1.94. The van der Waals surface area contributed by atoms with E-state index in [0.717, 1.165) is 5.52 Å². The van der Waals surface area contributed by atoms with Gasteiger partial charge in [0.2, 0.25) is 0 Å². The number of pyridine rings is 1. The lowest BCUT2D eigenvalue weighted by molar-refractivity contribution is 1.39. The van der Waals surface area contributed by atoms with Crippen molar-refractivity contribution in [3.8, 4) is 22.3 Å². The summed E-state index contributed by atoms with van der Waals surface area (Å²) in [6.45, 7) is 4.35. The molecular weight excluding hydrogens is 386 g/mol. The first-order valence-electron chi connectivity index (χ1n) is 11.1. The number of benzene rings is 5. The SMILES string of the molecule is Cc1cc(C)cc(-c2c3ccccc3c(-c3ccccc3)c3c2cnc2ccccc23)c1. The first-order valence-corrected chi connectivity index (χ1v) is 11.1. The van der Waals surface area contributed by atoms with Crippen LogP contribution in [0.25, 0.3) is 54.7 Å². The largest absolute Gasteiger partial charge is 0.256 e. The molecule has 0 amide bonds. The molecule has 5 aromatic carbocycles. The van der Waals surface area contributed by atoms with Crippen LogP contribution in [0.5, 0.6) is 0 Å². The van der Waals surface area contributed by atoms with Crippen molar-refractivity contribution in [2.24, 2.45) is 0 Å². The molecule has 0 aliphatic rings. The van der Waals surface area contributed by atoms with Gasteiger partial charge in [0.1, 0.15) is 0 Å². The Bertz CT molecular complexity index is 1610. The molecule has 152 valence electrons. The van der Waals surface area contributed by atoms with E-state index in [2.05, 4.69) is 117 Å². The predicted octanol–water partition coefficient (Wildman–Crippen LogP) is 8.49. The first kappa shape index (κ1) is 18.8. The van der Waals surface area contributed by atoms with Gasteiger partial charge in [-0.05, 0) is 52.9 Å². The third kappa shape index (κ3) is 2.90. The highest BCUT2D eigenvalue weighted by molar-refractivity contribution is 6.27. The maximum Gasteiger partial charge on any atom is 0.0708 e. The van der Waals surface area contributed by atoms with Crippen LogP contribution in [0.2, 0.25) is 0 Å². The highest BCUT2D eigenvalue weighted by Crippen LogP contribution is 2.45. The van der Waals surface area contributed by atoms with E-state index >= 15 is 0 Å². The van der Waals surface area contributed by atoms with Crippen molar-refractivity contribution >= 4 is 32.4 Å². The zero-order chi connectivity index (χ0) is 21.7. The fourth-order valence-corrected chi connectivity index (χ4v) is 5.13. The molecule has 1 aromatic heterocycles. The van der Waals surface area contributed by atoms with E-state index < -0.39 is 0 Å². The van der Waals surface area contributed by atoms with Crippen LogP contribution in [0.1, 0.15) is 11.1 Å². The van der Waals surface area contributed by atoms with Gasteiger partial charge >= 0.3 is 0 Å². The van der Waals surface area contributed by atoms with Gasteiger partial charge in [-0.25, -0.2) is 0 Å². The Kier molecular flexibility index (Phi) is 4.29. The topological polar surface area (TPSA) is 12.9 Å². The van der Waals surface area contributed by atoms with Crippen LogP contribution in [-0.4, -0.2) is 4.98 Å². The molecule has 6 aromatic rings. The summed E-state index contributed by atoms with van der Waals surface area (Å²) < 4.78 is 0. The number of nitrogens with zero attached hydrogens (tertiary/aromatic N) is 1. The van der Waals surface area contributed by atoms with Crippen molar-refractivity contribution in [1.82, 2.24) is 4.98 Å². The van der Waals surface area contributed by atoms with E-state index in [0.29, 0.717) is 0 Å². The second-order valence-corrected chi connectivity index (χ2v) is 8.60. The van der Waals surface area contributed by atoms with Crippen molar-refractivity contribution in [2.75, 3.05) is 0 Å². The van der Waals surface area contributed by atoms with Crippen molar-refractivity contribution in [3.05, 3.63) is 114 Å². The third-order valence-corrected chi connectivity index (χ3v) is 6.33. The second-order valence-electron chi connectivity index (χ2n) is 8.60. The Morgan fingerprint density at radius 1 is 0.500 bits per heavy atom. The number of aryl methyl sites for hydroxylation is 2. The Balaban J connectivity index is 1.92. The van der Waals surface area contributed by atoms with E-state index in [-0.39, 0.29) is 0 Å². The molecule has 0 fully saturated rings. The summed E-state index contributed by atoms with van der Waals surface area (Å²) in [6.07, 6.45) is 2.07. The van der Waals surface area contributed by atoms with Crippen LogP contribution >= 0.6 is 0 Å². The summed E-state index contributed by atoms with van der Waals surface area (Å²) in [5.74, 6) is 0. The summed E-state index contributed by atoms with van der Waals surface area (Å²) in [4.78, 5) is 4.88. The minimum Gasteiger partial charge on any atom is -0.256 e. The van der Waals surface area contributed by atoms with Crippen LogP contribution < -0.4 is 0 Å². The van der Waals surface area contributed by atoms with Crippen LogP contribution in [-0.2, 0) is 0 Å². The standard InChI is InChI=1S/C31H23N/c1-20-16-21(2)18-23(17-20)29-24-12-6-7-13-25(24)30(22-10-4-3-5-11-22)31-26-14-8-9-15-28(26)32-19-27(29)31/h3-19H,1-2H3. The van der Waals surface area contributed by atoms with E-state index in [9.17, 15) is 0 Å². The normalized spacial score (nSPS) is 11.4. The quantitative estimate of drug-likeness (QED) is 0.206. The highest BCUT2D eigenvalue weighted by Gasteiger charge is 2.19. The Morgan fingerprint density at radius 3 is 1.81 bits per heavy atom. The average molecular weight is 410 g/mol. The van der Waals surface area contributed by atoms with Crippen LogP contribution in [0.4, 0.5) is 0 Å². The van der Waals surface area contributed by atoms with Crippen molar-refractivity contribution in [1.29, 1.82) is 0 Å². The number of fused-ring (bicyclic) bond motifs is 4. The molecule has 0 aliphatic carbocycles. The van der Waals surface area contributed by atoms with Gasteiger partial charge in [0.25, 0.3) is 0 Å². The monoisotopic (exact) mass is 409 g/mol. The van der Waals surface area contributed by atoms with E-state index in [4.69, 9.17) is 4.98 Å². The number of para-hydroxylation sites is 1. The molecule has 1 heterocycles. The molecule has 1 heteroatoms. The molecule has 6 rings (SSSR count). The van der Waals surface area contributed by atoms with Crippen LogP contribution in [0.3, 0.4) is 0 Å². The van der Waals surface area contributed by atoms with Gasteiger partial charge in [-0.2, -0.15) is 0 Å². The van der Waals surface area contributed by atoms with Gasteiger partial charge in [0, 0.05) is 22.4 Å². The molecule has 0 radical (unpaired) electrons. The Morgan fingerprint density at radius 2 is 1.09 bits per heavy atom. The average Bonchev–Trinajstić information content (AvgIpc) is 2.82. The second kappa shape index (κ2) is 7.32. The molecule has 0 spiro atoms. The summed E-state index contributed by atoms with van der Waals surface area (Å²) in [7, 11) is 0. The van der Waals surface area contributed by atoms with Gasteiger partial charge in [-0.3, -0.25) is 4.98 Å². The zero-order valence-electron chi connectivity index (χ0n) is 18.3. The van der Waals surface area contributed by atoms with Gasteiger partial charge in [0.15, 0.2) is 0 Å². The number of hydrogen-bond acceptors (Lipinski definition) is 1. The summed E-state index contributed by atoms with van der Waals surface area (Å²) in [5.41, 5.74) is 8.61. The molecule has 0 saturated carbocycles. The number of hydrogen-bond donors (Lipinski definition) is 0. The fraction of sp³-hybridized carbons (Fsp3) is 0.0645. The molecule has 0 saturated heterocycles. The third-order valence-electron chi connectivity index (χ3n) is 6.33. The van der Waals surface area contributed by atoms with E-state index in [1.165, 1.54) is 60.3 Å². The van der Waals surface area contributed by atoms with Crippen molar-refractivity contribution in [3.63, 3.8) is 0 Å². The van der Waals surface area contributed by atoms with Crippen molar-refractivity contribution < 1.29 is 0 Å². The van der Waals surface area contributed by atoms with E-state index in [1.807, 2.05) is 0 Å². The van der Waals surface area contributed by atoms with Crippen LogP contribution in [0, 0.1) is 13.8 Å². The maximum atomic E-state index is 4.88. The molecular formula is C31H23N. The zero-order valence-corrected chi connectivity index (χ0v) is 18.3. The van der Waals surface area contributed by atoms with Gasteiger partial charge < -0.3 is 0 Å². The molecule has 0 aliphatic heterocycles. The molecule has 0 bridgehead atoms. The smallest absolute Gasteiger partial charge is 0.0708 e. The first-order chi connectivity index (χ1) is 15.7. The molecule has 32 heavy (non-hydrogen) atoms. The maximum absolute atomic E-state index is 4.88. The highest BCUT2D eigenvalue weighted by atomic mass is 14.6. The summed E-state index contributed by atoms with van der Waals surface area (Å²) >= 11 is 0. The number of rotatable bonds is 2. The summed E-state index contributed by atoms with van der Waals surface area (Å²) in [5, 5.41) is 6.21. The van der Waals surface area contributed by atoms with Crippen molar-refractivity contribution in [2.45, 2.75) is 13.8 Å². The van der Waals surface area contributed by atoms with Crippen LogP contribution in [0.15, 0.2) is 103 Å². The lowest BCUT2D eigenvalue weighted by Gasteiger charge is -2.19. The van der Waals surface area contributed by atoms with Gasteiger partial charge in [-0.1, -0.05) is 102 Å². The van der Waals surface area contributed by atoms with E-state index in [1.54, 1.807) is 0 Å². The molecule has 1 nitrogen and oxygen atoms in total. The fourth-order valence-electron chi connectivity index (χ4n) is 5.13. The minimum atomic E-state index is 1.03. The summed E-state index contributed by atoms with van der Waals surface area (Å²) in [6, 6.07) is 34.9. The predicted molar refractivity (Wildman–Crippen MR) is 137 cm³/mol. The molecule has 0 N–H and O–H groups in total. The molecule has 0 unspecified atom stereocenters. The van der Waals surface area contributed by atoms with Gasteiger partial charge in [-0.15, -0.1) is 0 Å². The lowest BCUT2D eigenvalue weighted by atomic mass is 9.85. The minimum absolute atomic E-state index is 1.03. The number of aromatic nitrogens is 1. The molecule has 0 atom stereocenters.